The third-order valence-corrected chi connectivity index (χ3v) is 5.71. The number of halogens is 1. The average Bonchev–Trinajstić information content (AvgIpc) is 2.96. The van der Waals surface area contributed by atoms with Gasteiger partial charge in [-0.1, -0.05) is 24.6 Å². The molecule has 0 radical (unpaired) electrons. The maximum Gasteiger partial charge on any atom is 0.337 e. The van der Waals surface area contributed by atoms with Crippen molar-refractivity contribution in [3.63, 3.8) is 0 Å². The van der Waals surface area contributed by atoms with Gasteiger partial charge in [-0.15, -0.1) is 0 Å². The predicted molar refractivity (Wildman–Crippen MR) is 130 cm³/mol. The van der Waals surface area contributed by atoms with E-state index < -0.39 is 36.4 Å². The first-order chi connectivity index (χ1) is 16.6. The summed E-state index contributed by atoms with van der Waals surface area (Å²) in [5, 5.41) is 14.9. The van der Waals surface area contributed by atoms with Gasteiger partial charge in [-0.2, -0.15) is 0 Å². The summed E-state index contributed by atoms with van der Waals surface area (Å²) >= 11 is 6.08. The summed E-state index contributed by atoms with van der Waals surface area (Å²) in [5.41, 5.74) is 7.07. The summed E-state index contributed by atoms with van der Waals surface area (Å²) in [7, 11) is 1.47. The van der Waals surface area contributed by atoms with Crippen LogP contribution in [0.2, 0.25) is 5.02 Å². The van der Waals surface area contributed by atoms with Crippen LogP contribution in [0.25, 0.3) is 6.08 Å². The summed E-state index contributed by atoms with van der Waals surface area (Å²) in [5.74, 6) is -1.85. The Hall–Kier alpha value is -4.05. The molecule has 35 heavy (non-hydrogen) atoms. The Morgan fingerprint density at radius 3 is 2.66 bits per heavy atom. The van der Waals surface area contributed by atoms with Crippen LogP contribution in [0.4, 0.5) is 10.5 Å². The van der Waals surface area contributed by atoms with E-state index >= 15 is 0 Å². The minimum absolute atomic E-state index is 0.0496. The quantitative estimate of drug-likeness (QED) is 0.351. The van der Waals surface area contributed by atoms with Crippen molar-refractivity contribution in [2.24, 2.45) is 0 Å². The van der Waals surface area contributed by atoms with E-state index in [1.807, 2.05) is 0 Å². The molecular formula is C24H25ClN4O6. The number of benzene rings is 2. The molecule has 4 amide bonds. The van der Waals surface area contributed by atoms with Crippen molar-refractivity contribution in [1.82, 2.24) is 15.5 Å². The van der Waals surface area contributed by atoms with Crippen LogP contribution in [0.5, 0.6) is 5.75 Å². The number of hydrogen-bond donors (Lipinski definition) is 4. The van der Waals surface area contributed by atoms with Gasteiger partial charge in [0.25, 0.3) is 5.91 Å². The smallest absolute Gasteiger partial charge is 0.337 e. The van der Waals surface area contributed by atoms with Gasteiger partial charge in [0.1, 0.15) is 12.3 Å². The van der Waals surface area contributed by atoms with E-state index in [0.29, 0.717) is 28.3 Å². The Kier molecular flexibility index (Phi) is 7.98. The molecule has 2 aromatic rings. The normalized spacial score (nSPS) is 15.9. The van der Waals surface area contributed by atoms with Crippen molar-refractivity contribution in [2.75, 3.05) is 25.9 Å². The average molecular weight is 501 g/mol. The highest BCUT2D eigenvalue weighted by atomic mass is 35.5. The lowest BCUT2D eigenvalue weighted by Crippen LogP contribution is -2.47. The number of imide groups is 1. The summed E-state index contributed by atoms with van der Waals surface area (Å²) in [6, 6.07) is 7.90. The first-order valence-corrected chi connectivity index (χ1v) is 11.1. The van der Waals surface area contributed by atoms with Crippen molar-refractivity contribution >= 4 is 47.2 Å². The van der Waals surface area contributed by atoms with Crippen molar-refractivity contribution in [1.29, 1.82) is 0 Å². The van der Waals surface area contributed by atoms with Crippen LogP contribution in [-0.4, -0.2) is 54.0 Å². The van der Waals surface area contributed by atoms with Gasteiger partial charge in [0.15, 0.2) is 0 Å². The molecule has 184 valence electrons. The molecule has 1 fully saturated rings. The van der Waals surface area contributed by atoms with Crippen LogP contribution in [0.3, 0.4) is 0 Å². The Bertz CT molecular complexity index is 1210. The molecular weight excluding hydrogens is 476 g/mol. The number of anilines is 1. The topological polar surface area (TPSA) is 151 Å². The number of ether oxygens (including phenoxy) is 1. The van der Waals surface area contributed by atoms with E-state index in [4.69, 9.17) is 22.1 Å². The van der Waals surface area contributed by atoms with Gasteiger partial charge in [0, 0.05) is 28.4 Å². The van der Waals surface area contributed by atoms with Gasteiger partial charge in [0.2, 0.25) is 5.91 Å². The van der Waals surface area contributed by atoms with Crippen molar-refractivity contribution in [3.05, 3.63) is 63.7 Å². The number of hydrogen-bond acceptors (Lipinski definition) is 6. The van der Waals surface area contributed by atoms with E-state index in [-0.39, 0.29) is 23.4 Å². The molecule has 0 aromatic heterocycles. The van der Waals surface area contributed by atoms with Crippen molar-refractivity contribution in [3.8, 4) is 5.75 Å². The molecule has 0 spiro atoms. The van der Waals surface area contributed by atoms with E-state index in [0.717, 1.165) is 4.90 Å². The number of carbonyl (C=O) groups excluding carboxylic acids is 3. The van der Waals surface area contributed by atoms with Crippen LogP contribution < -0.4 is 21.1 Å². The number of amides is 4. The number of nitrogens with zero attached hydrogens (tertiary/aromatic N) is 1. The predicted octanol–water partition coefficient (Wildman–Crippen LogP) is 2.83. The third-order valence-electron chi connectivity index (χ3n) is 5.48. The zero-order chi connectivity index (χ0) is 25.7. The molecule has 5 N–H and O–H groups in total. The van der Waals surface area contributed by atoms with Gasteiger partial charge in [-0.25, -0.2) is 9.59 Å². The highest BCUT2D eigenvalue weighted by Gasteiger charge is 2.31. The van der Waals surface area contributed by atoms with Gasteiger partial charge in [-0.05, 0) is 48.4 Å². The first kappa shape index (κ1) is 25.6. The van der Waals surface area contributed by atoms with Crippen molar-refractivity contribution < 1.29 is 29.0 Å². The fourth-order valence-electron chi connectivity index (χ4n) is 3.64. The highest BCUT2D eigenvalue weighted by molar-refractivity contribution is 6.30. The van der Waals surface area contributed by atoms with Crippen LogP contribution in [0, 0.1) is 0 Å². The maximum atomic E-state index is 13.2. The highest BCUT2D eigenvalue weighted by Crippen LogP contribution is 2.26. The van der Waals surface area contributed by atoms with Crippen molar-refractivity contribution in [2.45, 2.75) is 19.4 Å². The summed E-state index contributed by atoms with van der Waals surface area (Å²) < 4.78 is 5.31. The number of aromatic carboxylic acids is 1. The van der Waals surface area contributed by atoms with Crippen LogP contribution in [0.1, 0.15) is 40.9 Å². The fraction of sp³-hybridized carbons (Fsp3) is 0.250. The molecule has 11 heteroatoms. The molecule has 1 aliphatic rings. The Morgan fingerprint density at radius 2 is 2.03 bits per heavy atom. The maximum absolute atomic E-state index is 13.2. The molecule has 3 rings (SSSR count). The summed E-state index contributed by atoms with van der Waals surface area (Å²) in [6.07, 6.45) is 1.94. The minimum atomic E-state index is -1.16. The fourth-order valence-corrected chi connectivity index (χ4v) is 3.82. The van der Waals surface area contributed by atoms with E-state index in [1.165, 1.54) is 25.3 Å². The van der Waals surface area contributed by atoms with Crippen LogP contribution in [0.15, 0.2) is 42.0 Å². The monoisotopic (exact) mass is 500 g/mol. The van der Waals surface area contributed by atoms with Gasteiger partial charge >= 0.3 is 12.0 Å². The molecule has 0 bridgehead atoms. The Labute approximate surface area is 206 Å². The third kappa shape index (κ3) is 5.90. The van der Waals surface area contributed by atoms with Gasteiger partial charge in [0.05, 0.1) is 18.7 Å². The zero-order valence-corrected chi connectivity index (χ0v) is 19.9. The largest absolute Gasteiger partial charge is 0.496 e. The van der Waals surface area contributed by atoms with E-state index in [2.05, 4.69) is 10.6 Å². The number of carboxylic acid groups (broad SMARTS) is 1. The molecule has 1 saturated heterocycles. The SMILES string of the molecule is CC[C@@H](NC(=O)N1CC(=O)NC/C(=C\c2cc(Cl)ccc2OC)C1=O)c1ccc(C(=O)O)c(N)c1. The molecule has 0 unspecified atom stereocenters. The van der Waals surface area contributed by atoms with Gasteiger partial charge < -0.3 is 26.2 Å². The van der Waals surface area contributed by atoms with E-state index in [1.54, 1.807) is 31.2 Å². The lowest BCUT2D eigenvalue weighted by atomic mass is 10.0. The van der Waals surface area contributed by atoms with Crippen LogP contribution >= 0.6 is 11.6 Å². The Balaban J connectivity index is 1.88. The van der Waals surface area contributed by atoms with E-state index in [9.17, 15) is 24.3 Å². The molecule has 1 heterocycles. The van der Waals surface area contributed by atoms with Crippen LogP contribution in [-0.2, 0) is 9.59 Å². The second kappa shape index (κ2) is 10.9. The molecule has 2 aromatic carbocycles. The number of methoxy groups -OCH3 is 1. The van der Waals surface area contributed by atoms with Gasteiger partial charge in [-0.3, -0.25) is 14.5 Å². The standard InChI is InChI=1S/C24H25ClN4O6/c1-3-19(13-4-6-17(23(32)33)18(26)10-13)28-24(34)29-12-21(30)27-11-15(22(29)31)8-14-9-16(25)5-7-20(14)35-2/h4-10,19H,3,11-12,26H2,1-2H3,(H,27,30)(H,28,34)(H,32,33)/b15-8+/t19-/m1/s1. The molecule has 10 nitrogen and oxygen atoms in total. The first-order valence-electron chi connectivity index (χ1n) is 10.7. The summed E-state index contributed by atoms with van der Waals surface area (Å²) in [4.78, 5) is 50.7. The molecule has 1 aliphatic heterocycles. The second-order valence-corrected chi connectivity index (χ2v) is 8.22. The Morgan fingerprint density at radius 1 is 1.29 bits per heavy atom. The lowest BCUT2D eigenvalue weighted by Gasteiger charge is -2.24. The molecule has 0 saturated carbocycles. The number of nitrogen functional groups attached to an aromatic ring is 1. The second-order valence-electron chi connectivity index (χ2n) is 7.79. The lowest BCUT2D eigenvalue weighted by molar-refractivity contribution is -0.128. The number of rotatable bonds is 6. The molecule has 1 atom stereocenters. The minimum Gasteiger partial charge on any atom is -0.496 e. The number of carboxylic acids is 1. The number of nitrogens with one attached hydrogen (secondary N) is 2. The zero-order valence-electron chi connectivity index (χ0n) is 19.1. The number of carbonyl (C=O) groups is 4. The number of nitrogens with two attached hydrogens (primary N) is 1. The summed E-state index contributed by atoms with van der Waals surface area (Å²) in [6.45, 7) is 1.26. The molecule has 0 aliphatic carbocycles. The number of urea groups is 1.